The zero-order valence-electron chi connectivity index (χ0n) is 11.3. The summed E-state index contributed by atoms with van der Waals surface area (Å²) < 4.78 is 7.33. The Morgan fingerprint density at radius 1 is 1.39 bits per heavy atom. The van der Waals surface area contributed by atoms with Crippen LogP contribution in [0, 0.1) is 5.92 Å². The van der Waals surface area contributed by atoms with Crippen molar-refractivity contribution >= 4 is 0 Å². The lowest BCUT2D eigenvalue weighted by Crippen LogP contribution is -2.15. The van der Waals surface area contributed by atoms with Crippen LogP contribution in [-0.4, -0.2) is 35.3 Å². The molecule has 1 fully saturated rings. The minimum atomic E-state index is 0.794. The number of rotatable bonds is 7. The molecular weight excluding hydrogens is 228 g/mol. The van der Waals surface area contributed by atoms with Crippen molar-refractivity contribution in [1.29, 1.82) is 0 Å². The van der Waals surface area contributed by atoms with E-state index in [1.165, 1.54) is 32.1 Å². The Kier molecular flexibility index (Phi) is 5.61. The van der Waals surface area contributed by atoms with Gasteiger partial charge in [0.15, 0.2) is 0 Å². The van der Waals surface area contributed by atoms with Crippen LogP contribution in [-0.2, 0) is 17.8 Å². The SMILES string of the molecule is CNCc1cn(CCCCC2CCOCC2)nn1. The number of unbranched alkanes of at least 4 members (excludes halogenated alkanes) is 1. The molecule has 0 aromatic carbocycles. The second kappa shape index (κ2) is 7.48. The van der Waals surface area contributed by atoms with Gasteiger partial charge in [0, 0.05) is 32.5 Å². The molecule has 0 bridgehead atoms. The maximum absolute atomic E-state index is 5.37. The zero-order chi connectivity index (χ0) is 12.6. The van der Waals surface area contributed by atoms with E-state index in [9.17, 15) is 0 Å². The van der Waals surface area contributed by atoms with Crippen molar-refractivity contribution in [3.05, 3.63) is 11.9 Å². The van der Waals surface area contributed by atoms with E-state index in [0.717, 1.165) is 37.9 Å². The highest BCUT2D eigenvalue weighted by Gasteiger charge is 2.12. The molecule has 0 aliphatic carbocycles. The minimum absolute atomic E-state index is 0.794. The fraction of sp³-hybridized carbons (Fsp3) is 0.846. The lowest BCUT2D eigenvalue weighted by molar-refractivity contribution is 0.0630. The van der Waals surface area contributed by atoms with Crippen molar-refractivity contribution in [1.82, 2.24) is 20.3 Å². The molecule has 18 heavy (non-hydrogen) atoms. The van der Waals surface area contributed by atoms with Gasteiger partial charge in [0.2, 0.25) is 0 Å². The van der Waals surface area contributed by atoms with Crippen LogP contribution in [0.1, 0.15) is 37.8 Å². The van der Waals surface area contributed by atoms with E-state index in [-0.39, 0.29) is 0 Å². The second-order valence-corrected chi connectivity index (χ2v) is 5.05. The number of hydrogen-bond acceptors (Lipinski definition) is 4. The molecular formula is C13H24N4O. The summed E-state index contributed by atoms with van der Waals surface area (Å²) in [6.07, 6.45) is 8.34. The van der Waals surface area contributed by atoms with Crippen molar-refractivity contribution < 1.29 is 4.74 Å². The van der Waals surface area contributed by atoms with E-state index in [0.29, 0.717) is 0 Å². The molecule has 1 aliphatic rings. The fourth-order valence-corrected chi connectivity index (χ4v) is 2.45. The van der Waals surface area contributed by atoms with Gasteiger partial charge in [-0.1, -0.05) is 18.1 Å². The van der Waals surface area contributed by atoms with Gasteiger partial charge >= 0.3 is 0 Å². The largest absolute Gasteiger partial charge is 0.381 e. The Morgan fingerprint density at radius 2 is 2.22 bits per heavy atom. The number of ether oxygens (including phenoxy) is 1. The summed E-state index contributed by atoms with van der Waals surface area (Å²) in [5.41, 5.74) is 1.02. The Labute approximate surface area is 109 Å². The molecule has 5 nitrogen and oxygen atoms in total. The normalized spacial score (nSPS) is 17.2. The van der Waals surface area contributed by atoms with E-state index >= 15 is 0 Å². The van der Waals surface area contributed by atoms with Crippen molar-refractivity contribution in [2.24, 2.45) is 5.92 Å². The molecule has 1 aliphatic heterocycles. The predicted octanol–water partition coefficient (Wildman–Crippen LogP) is 1.59. The highest BCUT2D eigenvalue weighted by atomic mass is 16.5. The topological polar surface area (TPSA) is 52.0 Å². The predicted molar refractivity (Wildman–Crippen MR) is 70.2 cm³/mol. The maximum Gasteiger partial charge on any atom is 0.0964 e. The van der Waals surface area contributed by atoms with Gasteiger partial charge in [0.25, 0.3) is 0 Å². The van der Waals surface area contributed by atoms with Crippen LogP contribution in [0.2, 0.25) is 0 Å². The third kappa shape index (κ3) is 4.38. The molecule has 0 unspecified atom stereocenters. The summed E-state index contributed by atoms with van der Waals surface area (Å²) in [4.78, 5) is 0. The quantitative estimate of drug-likeness (QED) is 0.749. The summed E-state index contributed by atoms with van der Waals surface area (Å²) in [7, 11) is 1.92. The van der Waals surface area contributed by atoms with Gasteiger partial charge in [0.05, 0.1) is 5.69 Å². The lowest BCUT2D eigenvalue weighted by atomic mass is 9.94. The first-order valence-corrected chi connectivity index (χ1v) is 7.00. The lowest BCUT2D eigenvalue weighted by Gasteiger charge is -2.21. The zero-order valence-corrected chi connectivity index (χ0v) is 11.3. The smallest absolute Gasteiger partial charge is 0.0964 e. The van der Waals surface area contributed by atoms with Crippen molar-refractivity contribution in [3.8, 4) is 0 Å². The molecule has 0 spiro atoms. The minimum Gasteiger partial charge on any atom is -0.381 e. The van der Waals surface area contributed by atoms with Gasteiger partial charge in [-0.05, 0) is 32.2 Å². The molecule has 1 aromatic rings. The Bertz CT molecular complexity index is 333. The summed E-state index contributed by atoms with van der Waals surface area (Å²) in [5.74, 6) is 0.884. The van der Waals surface area contributed by atoms with Gasteiger partial charge in [-0.2, -0.15) is 0 Å². The molecule has 2 heterocycles. The number of aromatic nitrogens is 3. The summed E-state index contributed by atoms with van der Waals surface area (Å²) in [6, 6.07) is 0. The highest BCUT2D eigenvalue weighted by Crippen LogP contribution is 2.20. The van der Waals surface area contributed by atoms with E-state index in [1.807, 2.05) is 17.9 Å². The van der Waals surface area contributed by atoms with E-state index in [1.54, 1.807) is 0 Å². The average Bonchev–Trinajstić information content (AvgIpc) is 2.84. The fourth-order valence-electron chi connectivity index (χ4n) is 2.45. The standard InChI is InChI=1S/C13H24N4O/c1-14-10-13-11-17(16-15-13)7-3-2-4-12-5-8-18-9-6-12/h11-12,14H,2-10H2,1H3. The first kappa shape index (κ1) is 13.5. The summed E-state index contributed by atoms with van der Waals surface area (Å²) in [6.45, 7) is 3.70. The average molecular weight is 252 g/mol. The molecule has 0 atom stereocenters. The van der Waals surface area contributed by atoms with Gasteiger partial charge < -0.3 is 10.1 Å². The third-order valence-corrected chi connectivity index (χ3v) is 3.53. The number of hydrogen-bond donors (Lipinski definition) is 1. The monoisotopic (exact) mass is 252 g/mol. The Balaban J connectivity index is 1.59. The molecule has 102 valence electrons. The van der Waals surface area contributed by atoms with Crippen LogP contribution < -0.4 is 5.32 Å². The number of nitrogens with one attached hydrogen (secondary N) is 1. The molecule has 0 saturated carbocycles. The van der Waals surface area contributed by atoms with Gasteiger partial charge in [0.1, 0.15) is 0 Å². The number of aryl methyl sites for hydroxylation is 1. The van der Waals surface area contributed by atoms with E-state index in [2.05, 4.69) is 15.6 Å². The van der Waals surface area contributed by atoms with Crippen LogP contribution in [0.15, 0.2) is 6.20 Å². The van der Waals surface area contributed by atoms with E-state index in [4.69, 9.17) is 4.74 Å². The molecule has 0 radical (unpaired) electrons. The van der Waals surface area contributed by atoms with Crippen LogP contribution in [0.3, 0.4) is 0 Å². The Hall–Kier alpha value is -0.940. The Morgan fingerprint density at radius 3 is 3.00 bits per heavy atom. The van der Waals surface area contributed by atoms with Crippen molar-refractivity contribution in [2.45, 2.75) is 45.2 Å². The van der Waals surface area contributed by atoms with Gasteiger partial charge in [-0.25, -0.2) is 0 Å². The molecule has 1 N–H and O–H groups in total. The van der Waals surface area contributed by atoms with Crippen molar-refractivity contribution in [2.75, 3.05) is 20.3 Å². The summed E-state index contributed by atoms with van der Waals surface area (Å²) in [5, 5.41) is 11.3. The molecule has 1 aromatic heterocycles. The molecule has 0 amide bonds. The molecule has 2 rings (SSSR count). The summed E-state index contributed by atoms with van der Waals surface area (Å²) >= 11 is 0. The highest BCUT2D eigenvalue weighted by molar-refractivity contribution is 4.90. The molecule has 1 saturated heterocycles. The van der Waals surface area contributed by atoms with Crippen LogP contribution in [0.5, 0.6) is 0 Å². The van der Waals surface area contributed by atoms with Crippen LogP contribution in [0.25, 0.3) is 0 Å². The van der Waals surface area contributed by atoms with Crippen LogP contribution >= 0.6 is 0 Å². The first-order valence-electron chi connectivity index (χ1n) is 7.00. The van der Waals surface area contributed by atoms with Gasteiger partial charge in [-0.3, -0.25) is 4.68 Å². The first-order chi connectivity index (χ1) is 8.88. The maximum atomic E-state index is 5.37. The van der Waals surface area contributed by atoms with E-state index < -0.39 is 0 Å². The second-order valence-electron chi connectivity index (χ2n) is 5.05. The third-order valence-electron chi connectivity index (χ3n) is 3.53. The number of nitrogens with zero attached hydrogens (tertiary/aromatic N) is 3. The van der Waals surface area contributed by atoms with Crippen molar-refractivity contribution in [3.63, 3.8) is 0 Å². The van der Waals surface area contributed by atoms with Crippen LogP contribution in [0.4, 0.5) is 0 Å². The molecule has 5 heteroatoms. The van der Waals surface area contributed by atoms with Gasteiger partial charge in [-0.15, -0.1) is 5.10 Å².